The average Bonchev–Trinajstić information content (AvgIpc) is 2.40. The highest BCUT2D eigenvalue weighted by molar-refractivity contribution is 7.99. The highest BCUT2D eigenvalue weighted by Gasteiger charge is 2.14. The molecule has 1 aliphatic heterocycles. The molecule has 18 heavy (non-hydrogen) atoms. The molecule has 1 aromatic heterocycles. The number of hydrogen-bond donors (Lipinski definition) is 1. The van der Waals surface area contributed by atoms with Crippen LogP contribution >= 0.6 is 23.4 Å². The number of halogens is 1. The van der Waals surface area contributed by atoms with E-state index in [1.54, 1.807) is 0 Å². The first-order valence-corrected chi connectivity index (χ1v) is 7.75. The summed E-state index contributed by atoms with van der Waals surface area (Å²) in [5.74, 6) is 2.49. The number of nitrogens with one attached hydrogen (secondary N) is 1. The van der Waals surface area contributed by atoms with Gasteiger partial charge < -0.3 is 5.32 Å². The fourth-order valence-corrected chi connectivity index (χ4v) is 3.56. The second-order valence-electron chi connectivity index (χ2n) is 4.58. The maximum atomic E-state index is 6.00. The van der Waals surface area contributed by atoms with Crippen molar-refractivity contribution in [1.82, 2.24) is 4.98 Å². The van der Waals surface area contributed by atoms with Crippen molar-refractivity contribution in [2.75, 3.05) is 16.8 Å². The van der Waals surface area contributed by atoms with Gasteiger partial charge in [-0.1, -0.05) is 11.6 Å². The number of fused-ring (bicyclic) bond motifs is 1. The standard InChI is InChI=1S/C14H15ClN2S/c15-10-3-4-12-13(5-6-16-14(12)8-10)17-11-2-1-7-18-9-11/h3-6,8,11H,1-2,7,9H2,(H,16,17). The number of benzene rings is 1. The van der Waals surface area contributed by atoms with Gasteiger partial charge in [0, 0.05) is 34.1 Å². The maximum absolute atomic E-state index is 6.00. The second kappa shape index (κ2) is 5.37. The molecule has 1 aliphatic rings. The lowest BCUT2D eigenvalue weighted by Gasteiger charge is -2.24. The van der Waals surface area contributed by atoms with Crippen LogP contribution < -0.4 is 5.32 Å². The molecule has 1 unspecified atom stereocenters. The Kier molecular flexibility index (Phi) is 3.62. The third-order valence-electron chi connectivity index (χ3n) is 3.22. The minimum absolute atomic E-state index is 0.574. The molecule has 1 atom stereocenters. The summed E-state index contributed by atoms with van der Waals surface area (Å²) >= 11 is 8.03. The molecule has 1 saturated heterocycles. The van der Waals surface area contributed by atoms with Gasteiger partial charge in [-0.25, -0.2) is 0 Å². The van der Waals surface area contributed by atoms with E-state index in [1.165, 1.54) is 30.0 Å². The van der Waals surface area contributed by atoms with Crippen LogP contribution in [-0.2, 0) is 0 Å². The summed E-state index contributed by atoms with van der Waals surface area (Å²) < 4.78 is 0. The summed E-state index contributed by atoms with van der Waals surface area (Å²) in [7, 11) is 0. The Morgan fingerprint density at radius 2 is 2.28 bits per heavy atom. The summed E-state index contributed by atoms with van der Waals surface area (Å²) in [5, 5.41) is 5.53. The van der Waals surface area contributed by atoms with Gasteiger partial charge in [0.05, 0.1) is 5.52 Å². The molecule has 0 aliphatic carbocycles. The van der Waals surface area contributed by atoms with Crippen LogP contribution in [0.15, 0.2) is 30.5 Å². The van der Waals surface area contributed by atoms with E-state index in [9.17, 15) is 0 Å². The van der Waals surface area contributed by atoms with Gasteiger partial charge in [0.25, 0.3) is 0 Å². The van der Waals surface area contributed by atoms with Gasteiger partial charge in [-0.3, -0.25) is 4.98 Å². The van der Waals surface area contributed by atoms with Gasteiger partial charge in [-0.05, 0) is 42.9 Å². The molecular formula is C14H15ClN2S. The molecule has 0 spiro atoms. The van der Waals surface area contributed by atoms with E-state index >= 15 is 0 Å². The largest absolute Gasteiger partial charge is 0.381 e. The average molecular weight is 279 g/mol. The zero-order valence-corrected chi connectivity index (χ0v) is 11.6. The third kappa shape index (κ3) is 2.57. The summed E-state index contributed by atoms with van der Waals surface area (Å²) in [4.78, 5) is 4.37. The molecular weight excluding hydrogens is 264 g/mol. The monoisotopic (exact) mass is 278 g/mol. The van der Waals surface area contributed by atoms with Gasteiger partial charge in [-0.15, -0.1) is 0 Å². The van der Waals surface area contributed by atoms with Crippen molar-refractivity contribution in [3.05, 3.63) is 35.5 Å². The third-order valence-corrected chi connectivity index (χ3v) is 4.68. The number of hydrogen-bond acceptors (Lipinski definition) is 3. The van der Waals surface area contributed by atoms with Crippen LogP contribution in [0.2, 0.25) is 5.02 Å². The highest BCUT2D eigenvalue weighted by atomic mass is 35.5. The Morgan fingerprint density at radius 3 is 3.11 bits per heavy atom. The quantitative estimate of drug-likeness (QED) is 0.891. The summed E-state index contributed by atoms with van der Waals surface area (Å²) in [6.45, 7) is 0. The zero-order chi connectivity index (χ0) is 12.4. The van der Waals surface area contributed by atoms with Crippen molar-refractivity contribution in [2.24, 2.45) is 0 Å². The van der Waals surface area contributed by atoms with E-state index < -0.39 is 0 Å². The second-order valence-corrected chi connectivity index (χ2v) is 6.16. The van der Waals surface area contributed by atoms with Crippen molar-refractivity contribution in [3.8, 4) is 0 Å². The molecule has 4 heteroatoms. The SMILES string of the molecule is Clc1ccc2c(NC3CCCSC3)ccnc2c1. The maximum Gasteiger partial charge on any atom is 0.0737 e. The van der Waals surface area contributed by atoms with Gasteiger partial charge in [0.1, 0.15) is 0 Å². The molecule has 94 valence electrons. The van der Waals surface area contributed by atoms with E-state index in [1.807, 2.05) is 36.2 Å². The molecule has 3 rings (SSSR count). The minimum Gasteiger partial charge on any atom is -0.381 e. The normalized spacial score (nSPS) is 19.9. The molecule has 2 heterocycles. The molecule has 1 aromatic carbocycles. The Morgan fingerprint density at radius 1 is 1.33 bits per heavy atom. The summed E-state index contributed by atoms with van der Waals surface area (Å²) in [5.41, 5.74) is 2.13. The number of thioether (sulfide) groups is 1. The molecule has 0 saturated carbocycles. The lowest BCUT2D eigenvalue weighted by atomic mass is 10.1. The lowest BCUT2D eigenvalue weighted by molar-refractivity contribution is 0.686. The van der Waals surface area contributed by atoms with E-state index in [2.05, 4.69) is 16.4 Å². The van der Waals surface area contributed by atoms with Crippen LogP contribution in [-0.4, -0.2) is 22.5 Å². The fraction of sp³-hybridized carbons (Fsp3) is 0.357. The summed E-state index contributed by atoms with van der Waals surface area (Å²) in [6.07, 6.45) is 4.40. The van der Waals surface area contributed by atoms with Crippen molar-refractivity contribution < 1.29 is 0 Å². The van der Waals surface area contributed by atoms with Crippen molar-refractivity contribution in [3.63, 3.8) is 0 Å². The van der Waals surface area contributed by atoms with Crippen LogP contribution in [0, 0.1) is 0 Å². The van der Waals surface area contributed by atoms with Gasteiger partial charge in [0.2, 0.25) is 0 Å². The first kappa shape index (κ1) is 12.1. The van der Waals surface area contributed by atoms with E-state index in [0.717, 1.165) is 15.9 Å². The van der Waals surface area contributed by atoms with E-state index in [0.29, 0.717) is 6.04 Å². The van der Waals surface area contributed by atoms with E-state index in [4.69, 9.17) is 11.6 Å². The molecule has 0 bridgehead atoms. The Bertz CT molecular complexity index is 552. The topological polar surface area (TPSA) is 24.9 Å². The molecule has 2 nitrogen and oxygen atoms in total. The van der Waals surface area contributed by atoms with Gasteiger partial charge in [-0.2, -0.15) is 11.8 Å². The Balaban J connectivity index is 1.91. The Hall–Kier alpha value is -0.930. The fourth-order valence-electron chi connectivity index (χ4n) is 2.32. The minimum atomic E-state index is 0.574. The number of nitrogens with zero attached hydrogens (tertiary/aromatic N) is 1. The van der Waals surface area contributed by atoms with Crippen molar-refractivity contribution in [1.29, 1.82) is 0 Å². The predicted molar refractivity (Wildman–Crippen MR) is 80.7 cm³/mol. The van der Waals surface area contributed by atoms with Gasteiger partial charge in [0.15, 0.2) is 0 Å². The molecule has 0 amide bonds. The summed E-state index contributed by atoms with van der Waals surface area (Å²) in [6, 6.07) is 8.51. The lowest BCUT2D eigenvalue weighted by Crippen LogP contribution is -2.25. The van der Waals surface area contributed by atoms with Crippen LogP contribution in [0.5, 0.6) is 0 Å². The number of pyridine rings is 1. The number of aromatic nitrogens is 1. The number of rotatable bonds is 2. The highest BCUT2D eigenvalue weighted by Crippen LogP contribution is 2.27. The Labute approximate surface area is 116 Å². The zero-order valence-electron chi connectivity index (χ0n) is 10.0. The van der Waals surface area contributed by atoms with Crippen LogP contribution in [0.1, 0.15) is 12.8 Å². The number of anilines is 1. The first-order valence-electron chi connectivity index (χ1n) is 6.21. The van der Waals surface area contributed by atoms with Crippen molar-refractivity contribution >= 4 is 40.0 Å². The van der Waals surface area contributed by atoms with E-state index in [-0.39, 0.29) is 0 Å². The smallest absolute Gasteiger partial charge is 0.0737 e. The first-order chi connectivity index (χ1) is 8.83. The van der Waals surface area contributed by atoms with Crippen LogP contribution in [0.3, 0.4) is 0 Å². The molecule has 0 radical (unpaired) electrons. The van der Waals surface area contributed by atoms with Crippen molar-refractivity contribution in [2.45, 2.75) is 18.9 Å². The molecule has 1 fully saturated rings. The van der Waals surface area contributed by atoms with Crippen LogP contribution in [0.4, 0.5) is 5.69 Å². The molecule has 1 N–H and O–H groups in total. The predicted octanol–water partition coefficient (Wildman–Crippen LogP) is 4.20. The van der Waals surface area contributed by atoms with Crippen LogP contribution in [0.25, 0.3) is 10.9 Å². The van der Waals surface area contributed by atoms with Gasteiger partial charge >= 0.3 is 0 Å². The molecule has 2 aromatic rings.